The summed E-state index contributed by atoms with van der Waals surface area (Å²) in [6, 6.07) is 14.8. The first-order valence-electron chi connectivity index (χ1n) is 9.62. The Morgan fingerprint density at radius 3 is 2.45 bits per heavy atom. The highest BCUT2D eigenvalue weighted by molar-refractivity contribution is 6.31. The molecule has 0 aliphatic heterocycles. The van der Waals surface area contributed by atoms with Crippen molar-refractivity contribution in [2.24, 2.45) is 11.1 Å². The number of benzene rings is 2. The van der Waals surface area contributed by atoms with Gasteiger partial charge in [0.05, 0.1) is 5.41 Å². The Kier molecular flexibility index (Phi) is 8.49. The predicted octanol–water partition coefficient (Wildman–Crippen LogP) is 4.12. The molecule has 0 aromatic heterocycles. The number of carbonyl (C=O) groups is 2. The minimum atomic E-state index is -0.945. The highest BCUT2D eigenvalue weighted by Crippen LogP contribution is 2.23. The number of hydrogen-bond donors (Lipinski definition) is 3. The standard InChI is InChI=1S/C22H28ClN3O3/c1-3-16-8-10-18(11-9-16)26-21(28)29-15-22(2,12-13-24)20(27)25-14-17-6-4-5-7-19(17)23/h4-11H,3,12-15,24H2,1-2H3,(H,25,27)(H,26,28). The lowest BCUT2D eigenvalue weighted by Crippen LogP contribution is -2.44. The Bertz CT molecular complexity index is 826. The zero-order chi connectivity index (χ0) is 21.3. The molecule has 2 rings (SSSR count). The van der Waals surface area contributed by atoms with E-state index < -0.39 is 11.5 Å². The molecule has 1 unspecified atom stereocenters. The van der Waals surface area contributed by atoms with Gasteiger partial charge in [-0.25, -0.2) is 4.79 Å². The van der Waals surface area contributed by atoms with Crippen LogP contribution in [0, 0.1) is 5.41 Å². The van der Waals surface area contributed by atoms with Crippen molar-refractivity contribution in [1.29, 1.82) is 0 Å². The molecule has 6 nitrogen and oxygen atoms in total. The van der Waals surface area contributed by atoms with Crippen molar-refractivity contribution in [3.05, 3.63) is 64.7 Å². The number of nitrogens with two attached hydrogens (primary N) is 1. The van der Waals surface area contributed by atoms with Gasteiger partial charge < -0.3 is 15.8 Å². The zero-order valence-corrected chi connectivity index (χ0v) is 17.6. The third-order valence-electron chi connectivity index (χ3n) is 4.77. The highest BCUT2D eigenvalue weighted by atomic mass is 35.5. The van der Waals surface area contributed by atoms with Crippen LogP contribution < -0.4 is 16.4 Å². The van der Waals surface area contributed by atoms with Gasteiger partial charge >= 0.3 is 6.09 Å². The average molecular weight is 418 g/mol. The van der Waals surface area contributed by atoms with Crippen molar-refractivity contribution < 1.29 is 14.3 Å². The number of aryl methyl sites for hydroxylation is 1. The van der Waals surface area contributed by atoms with E-state index in [1.54, 1.807) is 13.0 Å². The number of carbonyl (C=O) groups excluding carboxylic acids is 2. The van der Waals surface area contributed by atoms with E-state index in [0.717, 1.165) is 12.0 Å². The van der Waals surface area contributed by atoms with Gasteiger partial charge in [-0.15, -0.1) is 0 Å². The summed E-state index contributed by atoms with van der Waals surface area (Å²) in [5.41, 5.74) is 7.36. The van der Waals surface area contributed by atoms with Crippen molar-refractivity contribution in [1.82, 2.24) is 5.32 Å². The molecule has 156 valence electrons. The third kappa shape index (κ3) is 6.76. The lowest BCUT2D eigenvalue weighted by Gasteiger charge is -2.27. The molecular formula is C22H28ClN3O3. The second kappa shape index (κ2) is 10.8. The second-order valence-electron chi connectivity index (χ2n) is 7.13. The molecular weight excluding hydrogens is 390 g/mol. The van der Waals surface area contributed by atoms with Crippen LogP contribution >= 0.6 is 11.6 Å². The van der Waals surface area contributed by atoms with Gasteiger partial charge in [0.15, 0.2) is 0 Å². The number of halogens is 1. The van der Waals surface area contributed by atoms with Gasteiger partial charge in [-0.3, -0.25) is 10.1 Å². The van der Waals surface area contributed by atoms with Crippen LogP contribution in [-0.2, 0) is 22.5 Å². The molecule has 0 heterocycles. The number of rotatable bonds is 9. The first-order chi connectivity index (χ1) is 13.9. The maximum atomic E-state index is 12.8. The Morgan fingerprint density at radius 2 is 1.83 bits per heavy atom. The van der Waals surface area contributed by atoms with Gasteiger partial charge in [0.2, 0.25) is 5.91 Å². The molecule has 0 aliphatic carbocycles. The molecule has 0 spiro atoms. The highest BCUT2D eigenvalue weighted by Gasteiger charge is 2.34. The smallest absolute Gasteiger partial charge is 0.411 e. The molecule has 0 fully saturated rings. The van der Waals surface area contributed by atoms with Crippen LogP contribution in [0.3, 0.4) is 0 Å². The van der Waals surface area contributed by atoms with E-state index in [9.17, 15) is 9.59 Å². The lowest BCUT2D eigenvalue weighted by atomic mass is 9.86. The van der Waals surface area contributed by atoms with Gasteiger partial charge in [-0.1, -0.05) is 48.9 Å². The first kappa shape index (κ1) is 22.7. The summed E-state index contributed by atoms with van der Waals surface area (Å²) in [6.45, 7) is 4.28. The number of hydrogen-bond acceptors (Lipinski definition) is 4. The molecule has 2 aromatic rings. The summed E-state index contributed by atoms with van der Waals surface area (Å²) in [7, 11) is 0. The van der Waals surface area contributed by atoms with Gasteiger partial charge in [0.1, 0.15) is 6.61 Å². The van der Waals surface area contributed by atoms with Crippen molar-refractivity contribution in [3.63, 3.8) is 0 Å². The molecule has 0 radical (unpaired) electrons. The fraction of sp³-hybridized carbons (Fsp3) is 0.364. The molecule has 0 saturated heterocycles. The fourth-order valence-corrected chi connectivity index (χ4v) is 3.01. The summed E-state index contributed by atoms with van der Waals surface area (Å²) < 4.78 is 5.32. The summed E-state index contributed by atoms with van der Waals surface area (Å²) in [6.07, 6.45) is 0.682. The first-order valence-corrected chi connectivity index (χ1v) is 10.00. The summed E-state index contributed by atoms with van der Waals surface area (Å²) in [5.74, 6) is -0.247. The van der Waals surface area contributed by atoms with Crippen LogP contribution in [0.4, 0.5) is 10.5 Å². The molecule has 4 N–H and O–H groups in total. The maximum Gasteiger partial charge on any atom is 0.411 e. The van der Waals surface area contributed by atoms with E-state index in [1.165, 1.54) is 5.56 Å². The number of nitrogens with one attached hydrogen (secondary N) is 2. The van der Waals surface area contributed by atoms with E-state index in [-0.39, 0.29) is 19.1 Å². The lowest BCUT2D eigenvalue weighted by molar-refractivity contribution is -0.132. The summed E-state index contributed by atoms with van der Waals surface area (Å²) in [5, 5.41) is 6.11. The van der Waals surface area contributed by atoms with Crippen LogP contribution in [0.15, 0.2) is 48.5 Å². The normalized spacial score (nSPS) is 12.7. The second-order valence-corrected chi connectivity index (χ2v) is 7.53. The molecule has 2 aromatic carbocycles. The van der Waals surface area contributed by atoms with E-state index in [4.69, 9.17) is 22.1 Å². The third-order valence-corrected chi connectivity index (χ3v) is 5.14. The molecule has 29 heavy (non-hydrogen) atoms. The maximum absolute atomic E-state index is 12.8. The Labute approximate surface area is 176 Å². The average Bonchev–Trinajstić information content (AvgIpc) is 2.72. The number of anilines is 1. The largest absolute Gasteiger partial charge is 0.448 e. The SMILES string of the molecule is CCc1ccc(NC(=O)OCC(C)(CCN)C(=O)NCc2ccccc2Cl)cc1. The van der Waals surface area contributed by atoms with Crippen molar-refractivity contribution >= 4 is 29.3 Å². The Hall–Kier alpha value is -2.57. The van der Waals surface area contributed by atoms with Crippen molar-refractivity contribution in [2.75, 3.05) is 18.5 Å². The van der Waals surface area contributed by atoms with E-state index in [2.05, 4.69) is 17.6 Å². The molecule has 1 atom stereocenters. The minimum absolute atomic E-state index is 0.0859. The van der Waals surface area contributed by atoms with Crippen LogP contribution in [0.1, 0.15) is 31.4 Å². The number of ether oxygens (including phenoxy) is 1. The van der Waals surface area contributed by atoms with Crippen LogP contribution in [0.2, 0.25) is 5.02 Å². The van der Waals surface area contributed by atoms with Gasteiger partial charge in [-0.05, 0) is 55.6 Å². The number of amides is 2. The molecule has 0 saturated carbocycles. The van der Waals surface area contributed by atoms with E-state index in [0.29, 0.717) is 23.7 Å². The summed E-state index contributed by atoms with van der Waals surface area (Å²) >= 11 is 6.13. The topological polar surface area (TPSA) is 93.4 Å². The molecule has 2 amide bonds. The van der Waals surface area contributed by atoms with Crippen molar-refractivity contribution in [3.8, 4) is 0 Å². The quantitative estimate of drug-likeness (QED) is 0.572. The predicted molar refractivity (Wildman–Crippen MR) is 116 cm³/mol. The van der Waals surface area contributed by atoms with Gasteiger partial charge in [0.25, 0.3) is 0 Å². The molecule has 7 heteroatoms. The van der Waals surface area contributed by atoms with Crippen molar-refractivity contribution in [2.45, 2.75) is 33.2 Å². The minimum Gasteiger partial charge on any atom is -0.448 e. The van der Waals surface area contributed by atoms with E-state index in [1.807, 2.05) is 42.5 Å². The summed E-state index contributed by atoms with van der Waals surface area (Å²) in [4.78, 5) is 24.9. The Balaban J connectivity index is 1.92. The Morgan fingerprint density at radius 1 is 1.14 bits per heavy atom. The molecule has 0 bridgehead atoms. The van der Waals surface area contributed by atoms with Crippen LogP contribution in [0.5, 0.6) is 0 Å². The molecule has 0 aliphatic rings. The van der Waals surface area contributed by atoms with Gasteiger partial charge in [-0.2, -0.15) is 0 Å². The van der Waals surface area contributed by atoms with Gasteiger partial charge in [0, 0.05) is 17.3 Å². The monoisotopic (exact) mass is 417 g/mol. The zero-order valence-electron chi connectivity index (χ0n) is 16.8. The van der Waals surface area contributed by atoms with Crippen LogP contribution in [-0.4, -0.2) is 25.2 Å². The van der Waals surface area contributed by atoms with Crippen LogP contribution in [0.25, 0.3) is 0 Å². The van der Waals surface area contributed by atoms with E-state index >= 15 is 0 Å². The fourth-order valence-electron chi connectivity index (χ4n) is 2.80.